The number of nitrogens with zero attached hydrogens (tertiary/aromatic N) is 4. The van der Waals surface area contributed by atoms with Crippen LogP contribution in [-0.4, -0.2) is 51.4 Å². The summed E-state index contributed by atoms with van der Waals surface area (Å²) < 4.78 is 76.1. The van der Waals surface area contributed by atoms with E-state index in [0.717, 1.165) is 6.07 Å². The van der Waals surface area contributed by atoms with Crippen LogP contribution in [0.5, 0.6) is 11.6 Å². The van der Waals surface area contributed by atoms with Crippen molar-refractivity contribution in [2.24, 2.45) is 24.8 Å². The van der Waals surface area contributed by atoms with Crippen molar-refractivity contribution < 1.29 is 36.2 Å². The molecule has 1 aromatic heterocycles. The number of ether oxygens (including phenoxy) is 2. The second-order valence-electron chi connectivity index (χ2n) is 9.78. The molecule has 5 rings (SSSR count). The molecule has 2 atom stereocenters. The molecule has 0 bridgehead atoms. The molecule has 2 aromatic carbocycles. The number of alkyl halides is 3. The molecule has 0 spiro atoms. The lowest BCUT2D eigenvalue weighted by Crippen LogP contribution is -2.36. The Labute approximate surface area is 215 Å². The van der Waals surface area contributed by atoms with E-state index in [2.05, 4.69) is 14.6 Å². The Morgan fingerprint density at radius 2 is 1.79 bits per heavy atom. The van der Waals surface area contributed by atoms with Gasteiger partial charge in [0, 0.05) is 45.8 Å². The number of carbonyl (C=O) groups is 1. The molecule has 3 aromatic rings. The Hall–Kier alpha value is -3.67. The monoisotopic (exact) mass is 536 g/mol. The summed E-state index contributed by atoms with van der Waals surface area (Å²) >= 11 is 0. The predicted molar refractivity (Wildman–Crippen MR) is 125 cm³/mol. The number of amides is 1. The predicted octanol–water partition coefficient (Wildman–Crippen LogP) is 4.98. The molecule has 1 aliphatic carbocycles. The summed E-state index contributed by atoms with van der Waals surface area (Å²) in [6.45, 7) is 2.21. The number of fused-ring (bicyclic) bond motifs is 1. The van der Waals surface area contributed by atoms with Crippen LogP contribution in [0.3, 0.4) is 0 Å². The quantitative estimate of drug-likeness (QED) is 0.381. The second kappa shape index (κ2) is 10.2. The maximum Gasteiger partial charge on any atom is 0.573 e. The molecule has 2 heterocycles. The largest absolute Gasteiger partial charge is 0.573 e. The summed E-state index contributed by atoms with van der Waals surface area (Å²) in [5.74, 6) is -0.747. The molecular weight excluding hydrogens is 511 g/mol. The standard InChI is InChI=1S/C26H25F5N4O3/c1-33-14-24(32-15-33)37-25(36)35(10-16-3-2-4-20(7-16)38-26(29,30)31)13-23-21-11-34(12-22(21)23)9-17-5-18(27)8-19(28)6-17/h2-8,14-15,21-23H,9-13H2,1H3. The van der Waals surface area contributed by atoms with Crippen molar-refractivity contribution in [1.82, 2.24) is 19.4 Å². The topological polar surface area (TPSA) is 59.8 Å². The van der Waals surface area contributed by atoms with Gasteiger partial charge in [-0.1, -0.05) is 12.1 Å². The molecule has 202 valence electrons. The Balaban J connectivity index is 1.24. The number of halogens is 5. The van der Waals surface area contributed by atoms with Crippen molar-refractivity contribution in [3.63, 3.8) is 0 Å². The van der Waals surface area contributed by atoms with Crippen molar-refractivity contribution in [3.8, 4) is 11.6 Å². The zero-order valence-corrected chi connectivity index (χ0v) is 20.4. The van der Waals surface area contributed by atoms with Gasteiger partial charge in [-0.3, -0.25) is 4.90 Å². The fourth-order valence-electron chi connectivity index (χ4n) is 5.21. The number of piperidine rings is 1. The molecule has 1 saturated heterocycles. The summed E-state index contributed by atoms with van der Waals surface area (Å²) in [4.78, 5) is 20.6. The number of hydrogen-bond donors (Lipinski definition) is 0. The third-order valence-corrected chi connectivity index (χ3v) is 6.84. The maximum atomic E-state index is 13.5. The van der Waals surface area contributed by atoms with E-state index < -0.39 is 24.1 Å². The van der Waals surface area contributed by atoms with E-state index in [-0.39, 0.29) is 24.1 Å². The third-order valence-electron chi connectivity index (χ3n) is 6.84. The van der Waals surface area contributed by atoms with Crippen LogP contribution in [0.1, 0.15) is 11.1 Å². The van der Waals surface area contributed by atoms with E-state index in [9.17, 15) is 26.7 Å². The van der Waals surface area contributed by atoms with Gasteiger partial charge in [-0.15, -0.1) is 13.2 Å². The summed E-state index contributed by atoms with van der Waals surface area (Å²) in [5, 5.41) is 0. The summed E-state index contributed by atoms with van der Waals surface area (Å²) in [6.07, 6.45) is -2.48. The molecule has 1 aliphatic heterocycles. The highest BCUT2D eigenvalue weighted by Gasteiger charge is 2.56. The lowest BCUT2D eigenvalue weighted by molar-refractivity contribution is -0.274. The van der Waals surface area contributed by atoms with E-state index in [0.29, 0.717) is 49.1 Å². The van der Waals surface area contributed by atoms with E-state index in [1.807, 2.05) is 0 Å². The number of imidazole rings is 1. The van der Waals surface area contributed by atoms with Crippen LogP contribution in [0, 0.1) is 29.4 Å². The highest BCUT2D eigenvalue weighted by molar-refractivity contribution is 5.70. The first-order valence-electron chi connectivity index (χ1n) is 12.0. The number of aryl methyl sites for hydroxylation is 1. The van der Waals surface area contributed by atoms with E-state index in [1.165, 1.54) is 47.8 Å². The Bertz CT molecular complexity index is 1280. The van der Waals surface area contributed by atoms with Crippen LogP contribution in [0.15, 0.2) is 55.0 Å². The molecule has 2 unspecified atom stereocenters. The van der Waals surface area contributed by atoms with Crippen LogP contribution in [-0.2, 0) is 20.1 Å². The number of likely N-dealkylation sites (tertiary alicyclic amines) is 1. The van der Waals surface area contributed by atoms with Gasteiger partial charge in [-0.2, -0.15) is 0 Å². The molecule has 2 aliphatic rings. The SMILES string of the molecule is Cn1cnc(OC(=O)N(Cc2cccc(OC(F)(F)F)c2)CC2C3CN(Cc4cc(F)cc(F)c4)CC32)c1. The molecule has 1 amide bonds. The number of rotatable bonds is 8. The fraction of sp³-hybridized carbons (Fsp3) is 0.385. The first-order chi connectivity index (χ1) is 18.0. The smallest absolute Gasteiger partial charge is 0.406 e. The lowest BCUT2D eigenvalue weighted by atomic mass is 10.1. The Morgan fingerprint density at radius 1 is 1.08 bits per heavy atom. The van der Waals surface area contributed by atoms with Gasteiger partial charge >= 0.3 is 12.5 Å². The molecule has 1 saturated carbocycles. The maximum absolute atomic E-state index is 13.5. The van der Waals surface area contributed by atoms with Crippen LogP contribution >= 0.6 is 0 Å². The molecule has 7 nitrogen and oxygen atoms in total. The molecule has 12 heteroatoms. The lowest BCUT2D eigenvalue weighted by Gasteiger charge is -2.25. The molecule has 38 heavy (non-hydrogen) atoms. The number of aromatic nitrogens is 2. The van der Waals surface area contributed by atoms with Crippen molar-refractivity contribution in [2.45, 2.75) is 19.5 Å². The van der Waals surface area contributed by atoms with Gasteiger partial charge in [0.05, 0.1) is 12.5 Å². The highest BCUT2D eigenvalue weighted by Crippen LogP contribution is 2.52. The molecule has 2 fully saturated rings. The summed E-state index contributed by atoms with van der Waals surface area (Å²) in [5.41, 5.74) is 1.01. The van der Waals surface area contributed by atoms with Crippen molar-refractivity contribution >= 4 is 6.09 Å². The summed E-state index contributed by atoms with van der Waals surface area (Å²) in [6, 6.07) is 8.94. The minimum absolute atomic E-state index is 0.0168. The third kappa shape index (κ3) is 6.42. The van der Waals surface area contributed by atoms with Gasteiger partial charge < -0.3 is 18.9 Å². The number of benzene rings is 2. The molecule has 0 N–H and O–H groups in total. The normalized spacial score (nSPS) is 20.7. The van der Waals surface area contributed by atoms with Crippen LogP contribution in [0.2, 0.25) is 0 Å². The first-order valence-corrected chi connectivity index (χ1v) is 12.0. The average molecular weight is 537 g/mol. The zero-order valence-electron chi connectivity index (χ0n) is 20.4. The number of hydrogen-bond acceptors (Lipinski definition) is 5. The van der Waals surface area contributed by atoms with Crippen LogP contribution in [0.25, 0.3) is 0 Å². The first kappa shape index (κ1) is 26.0. The van der Waals surface area contributed by atoms with Gasteiger partial charge in [-0.25, -0.2) is 18.6 Å². The van der Waals surface area contributed by atoms with Crippen molar-refractivity contribution in [1.29, 1.82) is 0 Å². The second-order valence-corrected chi connectivity index (χ2v) is 9.78. The molecular formula is C26H25F5N4O3. The average Bonchev–Trinajstić information content (AvgIpc) is 3.10. The van der Waals surface area contributed by atoms with Crippen LogP contribution in [0.4, 0.5) is 26.7 Å². The minimum atomic E-state index is -4.83. The number of carbonyl (C=O) groups excluding carboxylic acids is 1. The summed E-state index contributed by atoms with van der Waals surface area (Å²) in [7, 11) is 1.73. The Morgan fingerprint density at radius 3 is 2.42 bits per heavy atom. The van der Waals surface area contributed by atoms with E-state index in [1.54, 1.807) is 17.7 Å². The van der Waals surface area contributed by atoms with Gasteiger partial charge in [0.1, 0.15) is 17.4 Å². The van der Waals surface area contributed by atoms with E-state index in [4.69, 9.17) is 4.74 Å². The molecule has 0 radical (unpaired) electrons. The Kier molecular flexibility index (Phi) is 6.99. The van der Waals surface area contributed by atoms with Gasteiger partial charge in [0.15, 0.2) is 0 Å². The fourth-order valence-corrected chi connectivity index (χ4v) is 5.21. The van der Waals surface area contributed by atoms with Gasteiger partial charge in [-0.05, 0) is 53.1 Å². The van der Waals surface area contributed by atoms with Gasteiger partial charge in [0.2, 0.25) is 5.88 Å². The van der Waals surface area contributed by atoms with E-state index >= 15 is 0 Å². The van der Waals surface area contributed by atoms with Crippen molar-refractivity contribution in [3.05, 3.63) is 77.8 Å². The zero-order chi connectivity index (χ0) is 27.0. The van der Waals surface area contributed by atoms with Gasteiger partial charge in [0.25, 0.3) is 0 Å². The van der Waals surface area contributed by atoms with Crippen molar-refractivity contribution in [2.75, 3.05) is 19.6 Å². The highest BCUT2D eigenvalue weighted by atomic mass is 19.4. The minimum Gasteiger partial charge on any atom is -0.406 e. The van der Waals surface area contributed by atoms with Crippen LogP contribution < -0.4 is 9.47 Å².